The van der Waals surface area contributed by atoms with Gasteiger partial charge in [-0.25, -0.2) is 0 Å². The smallest absolute Gasteiger partial charge is 0.271 e. The Hall–Kier alpha value is -2.10. The summed E-state index contributed by atoms with van der Waals surface area (Å²) in [5.74, 6) is 0.0862. The van der Waals surface area contributed by atoms with E-state index in [2.05, 4.69) is 4.98 Å². The molecule has 1 saturated carbocycles. The standard InChI is InChI=1S/C18H20N2O2/c21-15-10-11-20(12-6-2-1-3-7-12)18(22)17-16(15)13-8-4-5-9-14(13)19-17/h4-5,8-9,12,19H,1-3,6-7,10-11H2. The molecule has 22 heavy (non-hydrogen) atoms. The Bertz CT molecular complexity index is 741. The lowest BCUT2D eigenvalue weighted by Crippen LogP contribution is -2.41. The highest BCUT2D eigenvalue weighted by atomic mass is 16.2. The van der Waals surface area contributed by atoms with E-state index < -0.39 is 0 Å². The fourth-order valence-electron chi connectivity index (χ4n) is 3.93. The van der Waals surface area contributed by atoms with Crippen molar-refractivity contribution in [3.63, 3.8) is 0 Å². The molecule has 0 spiro atoms. The van der Waals surface area contributed by atoms with Crippen LogP contribution in [0.3, 0.4) is 0 Å². The molecule has 0 bridgehead atoms. The molecule has 0 saturated heterocycles. The number of carbonyl (C=O) groups is 2. The van der Waals surface area contributed by atoms with Crippen LogP contribution in [0.1, 0.15) is 59.4 Å². The number of aromatic amines is 1. The summed E-state index contributed by atoms with van der Waals surface area (Å²) < 4.78 is 0. The number of benzene rings is 1. The van der Waals surface area contributed by atoms with E-state index in [1.165, 1.54) is 19.3 Å². The molecular weight excluding hydrogens is 276 g/mol. The molecule has 2 heterocycles. The van der Waals surface area contributed by atoms with Crippen LogP contribution in [0.15, 0.2) is 24.3 Å². The normalized spacial score (nSPS) is 20.3. The summed E-state index contributed by atoms with van der Waals surface area (Å²) in [6.45, 7) is 0.555. The Morgan fingerprint density at radius 2 is 1.82 bits per heavy atom. The van der Waals surface area contributed by atoms with Crippen molar-refractivity contribution >= 4 is 22.6 Å². The molecule has 4 heteroatoms. The minimum Gasteiger partial charge on any atom is -0.350 e. The average Bonchev–Trinajstić information content (AvgIpc) is 2.90. The number of nitrogens with one attached hydrogen (secondary N) is 1. The van der Waals surface area contributed by atoms with Crippen LogP contribution in [0, 0.1) is 0 Å². The quantitative estimate of drug-likeness (QED) is 0.875. The van der Waals surface area contributed by atoms with Gasteiger partial charge >= 0.3 is 0 Å². The highest BCUT2D eigenvalue weighted by molar-refractivity contribution is 6.17. The van der Waals surface area contributed by atoms with Crippen LogP contribution in [-0.4, -0.2) is 34.2 Å². The number of carbonyl (C=O) groups excluding carboxylic acids is 2. The van der Waals surface area contributed by atoms with Crippen molar-refractivity contribution < 1.29 is 9.59 Å². The fourth-order valence-corrected chi connectivity index (χ4v) is 3.93. The molecular formula is C18H20N2O2. The van der Waals surface area contributed by atoms with Gasteiger partial charge < -0.3 is 9.88 Å². The van der Waals surface area contributed by atoms with Crippen molar-refractivity contribution in [2.45, 2.75) is 44.6 Å². The molecule has 114 valence electrons. The first kappa shape index (κ1) is 13.6. The van der Waals surface area contributed by atoms with Crippen LogP contribution < -0.4 is 0 Å². The minimum absolute atomic E-state index is 0.00366. The van der Waals surface area contributed by atoms with Crippen LogP contribution >= 0.6 is 0 Å². The summed E-state index contributed by atoms with van der Waals surface area (Å²) in [6.07, 6.45) is 6.18. The van der Waals surface area contributed by atoms with E-state index >= 15 is 0 Å². The number of Topliss-reactive ketones (excluding diaryl/α,β-unsaturated/α-hetero) is 1. The molecule has 1 aliphatic carbocycles. The molecule has 1 N–H and O–H groups in total. The van der Waals surface area contributed by atoms with Gasteiger partial charge in [-0.15, -0.1) is 0 Å². The van der Waals surface area contributed by atoms with Gasteiger partial charge in [0.15, 0.2) is 5.78 Å². The first-order chi connectivity index (χ1) is 10.8. The number of nitrogens with zero attached hydrogens (tertiary/aromatic N) is 1. The van der Waals surface area contributed by atoms with Crippen LogP contribution in [-0.2, 0) is 0 Å². The number of rotatable bonds is 1. The molecule has 1 aliphatic heterocycles. The number of fused-ring (bicyclic) bond motifs is 3. The Labute approximate surface area is 129 Å². The maximum atomic E-state index is 13.0. The van der Waals surface area contributed by atoms with Gasteiger partial charge in [0.1, 0.15) is 5.69 Å². The Morgan fingerprint density at radius 3 is 2.64 bits per heavy atom. The predicted octanol–water partition coefficient (Wildman–Crippen LogP) is 3.53. The first-order valence-corrected chi connectivity index (χ1v) is 8.20. The van der Waals surface area contributed by atoms with Crippen LogP contribution in [0.4, 0.5) is 0 Å². The van der Waals surface area contributed by atoms with E-state index in [0.717, 1.165) is 23.7 Å². The second kappa shape index (κ2) is 5.27. The maximum absolute atomic E-state index is 13.0. The lowest BCUT2D eigenvalue weighted by Gasteiger charge is -2.33. The third kappa shape index (κ3) is 2.05. The van der Waals surface area contributed by atoms with Crippen molar-refractivity contribution in [2.75, 3.05) is 6.54 Å². The number of amides is 1. The number of para-hydroxylation sites is 1. The van der Waals surface area contributed by atoms with Gasteiger partial charge in [-0.1, -0.05) is 37.5 Å². The molecule has 4 nitrogen and oxygen atoms in total. The third-order valence-corrected chi connectivity index (χ3v) is 5.05. The van der Waals surface area contributed by atoms with Crippen LogP contribution in [0.25, 0.3) is 10.9 Å². The lowest BCUT2D eigenvalue weighted by atomic mass is 9.94. The zero-order valence-corrected chi connectivity index (χ0v) is 12.6. The zero-order chi connectivity index (χ0) is 15.1. The average molecular weight is 296 g/mol. The van der Waals surface area contributed by atoms with Gasteiger partial charge in [-0.3, -0.25) is 9.59 Å². The van der Waals surface area contributed by atoms with E-state index in [4.69, 9.17) is 0 Å². The molecule has 2 aliphatic rings. The summed E-state index contributed by atoms with van der Waals surface area (Å²) in [6, 6.07) is 7.98. The first-order valence-electron chi connectivity index (χ1n) is 8.20. The van der Waals surface area contributed by atoms with E-state index in [9.17, 15) is 9.59 Å². The van der Waals surface area contributed by atoms with Crippen molar-refractivity contribution in [3.8, 4) is 0 Å². The van der Waals surface area contributed by atoms with Gasteiger partial charge in [0.25, 0.3) is 5.91 Å². The number of aromatic nitrogens is 1. The van der Waals surface area contributed by atoms with Gasteiger partial charge in [0, 0.05) is 29.9 Å². The van der Waals surface area contributed by atoms with Gasteiger partial charge in [0.2, 0.25) is 0 Å². The molecule has 0 radical (unpaired) electrons. The van der Waals surface area contributed by atoms with Crippen LogP contribution in [0.2, 0.25) is 0 Å². The highest BCUT2D eigenvalue weighted by Crippen LogP contribution is 2.30. The number of hydrogen-bond acceptors (Lipinski definition) is 2. The predicted molar refractivity (Wildman–Crippen MR) is 85.2 cm³/mol. The number of hydrogen-bond donors (Lipinski definition) is 1. The molecule has 1 fully saturated rings. The lowest BCUT2D eigenvalue weighted by molar-refractivity contribution is 0.0633. The van der Waals surface area contributed by atoms with Gasteiger partial charge in [-0.2, -0.15) is 0 Å². The molecule has 1 aromatic heterocycles. The maximum Gasteiger partial charge on any atom is 0.271 e. The highest BCUT2D eigenvalue weighted by Gasteiger charge is 2.34. The van der Waals surface area contributed by atoms with Crippen LogP contribution in [0.5, 0.6) is 0 Å². The second-order valence-electron chi connectivity index (χ2n) is 6.38. The molecule has 2 aromatic rings. The summed E-state index contributed by atoms with van der Waals surface area (Å²) in [5.41, 5.74) is 1.97. The SMILES string of the molecule is O=C1CCN(C2CCCCC2)C(=O)c2[nH]c3ccccc3c21. The third-order valence-electron chi connectivity index (χ3n) is 5.05. The van der Waals surface area contributed by atoms with Crippen molar-refractivity contribution in [1.29, 1.82) is 0 Å². The number of H-pyrrole nitrogens is 1. The van der Waals surface area contributed by atoms with E-state index in [0.29, 0.717) is 30.3 Å². The molecule has 1 amide bonds. The largest absolute Gasteiger partial charge is 0.350 e. The Balaban J connectivity index is 1.79. The summed E-state index contributed by atoms with van der Waals surface area (Å²) in [5, 5.41) is 0.876. The van der Waals surface area contributed by atoms with Gasteiger partial charge in [0.05, 0.1) is 5.56 Å². The van der Waals surface area contributed by atoms with Gasteiger partial charge in [-0.05, 0) is 18.9 Å². The van der Waals surface area contributed by atoms with E-state index in [1.54, 1.807) is 0 Å². The summed E-state index contributed by atoms with van der Waals surface area (Å²) in [7, 11) is 0. The summed E-state index contributed by atoms with van der Waals surface area (Å²) >= 11 is 0. The molecule has 1 aromatic carbocycles. The molecule has 0 atom stereocenters. The van der Waals surface area contributed by atoms with Crippen molar-refractivity contribution in [1.82, 2.24) is 9.88 Å². The fraction of sp³-hybridized carbons (Fsp3) is 0.444. The number of ketones is 1. The van der Waals surface area contributed by atoms with Crippen molar-refractivity contribution in [2.24, 2.45) is 0 Å². The topological polar surface area (TPSA) is 53.2 Å². The summed E-state index contributed by atoms with van der Waals surface area (Å²) in [4.78, 5) is 30.7. The minimum atomic E-state index is 0.00366. The van der Waals surface area contributed by atoms with E-state index in [-0.39, 0.29) is 11.7 Å². The molecule has 0 unspecified atom stereocenters. The zero-order valence-electron chi connectivity index (χ0n) is 12.6. The Morgan fingerprint density at radius 1 is 1.05 bits per heavy atom. The second-order valence-corrected chi connectivity index (χ2v) is 6.38. The monoisotopic (exact) mass is 296 g/mol. The van der Waals surface area contributed by atoms with Crippen molar-refractivity contribution in [3.05, 3.63) is 35.5 Å². The molecule has 4 rings (SSSR count). The Kier molecular flexibility index (Phi) is 3.25. The van der Waals surface area contributed by atoms with E-state index in [1.807, 2.05) is 29.2 Å².